The summed E-state index contributed by atoms with van der Waals surface area (Å²) in [5, 5.41) is 6.11. The van der Waals surface area contributed by atoms with E-state index in [1.807, 2.05) is 6.92 Å². The summed E-state index contributed by atoms with van der Waals surface area (Å²) in [6, 6.07) is 3.27. The average molecular weight is 511 g/mol. The summed E-state index contributed by atoms with van der Waals surface area (Å²) >= 11 is 6.52. The van der Waals surface area contributed by atoms with Gasteiger partial charge in [-0.25, -0.2) is 0 Å². The minimum absolute atomic E-state index is 0.0780. The van der Waals surface area contributed by atoms with E-state index >= 15 is 0 Å². The number of carbonyl (C=O) groups is 2. The second-order valence-corrected chi connectivity index (χ2v) is 9.09. The molecule has 1 unspecified atom stereocenters. The number of fused-ring (bicyclic) bond motifs is 1. The van der Waals surface area contributed by atoms with Crippen LogP contribution >= 0.6 is 11.6 Å². The van der Waals surface area contributed by atoms with Crippen molar-refractivity contribution in [3.63, 3.8) is 0 Å². The van der Waals surface area contributed by atoms with E-state index in [4.69, 9.17) is 16.3 Å². The van der Waals surface area contributed by atoms with Crippen molar-refractivity contribution in [2.45, 2.75) is 45.9 Å². The number of nitrogens with one attached hydrogen (secondary N) is 2. The van der Waals surface area contributed by atoms with Crippen LogP contribution in [0.4, 0.5) is 14.5 Å². The number of alkyl halides is 2. The van der Waals surface area contributed by atoms with Crippen LogP contribution in [0.5, 0.6) is 11.5 Å². The van der Waals surface area contributed by atoms with Gasteiger partial charge < -0.3 is 25.0 Å². The molecule has 0 radical (unpaired) electrons. The zero-order chi connectivity index (χ0) is 25.1. The van der Waals surface area contributed by atoms with Gasteiger partial charge in [-0.05, 0) is 50.5 Å². The first-order valence-electron chi connectivity index (χ1n) is 11.7. The van der Waals surface area contributed by atoms with Crippen molar-refractivity contribution in [1.82, 2.24) is 15.1 Å². The Kier molecular flexibility index (Phi) is 7.81. The van der Waals surface area contributed by atoms with Crippen LogP contribution < -0.4 is 20.1 Å². The molecule has 2 amide bonds. The van der Waals surface area contributed by atoms with Crippen LogP contribution in [0.25, 0.3) is 0 Å². The lowest BCUT2D eigenvalue weighted by Crippen LogP contribution is -2.45. The molecular formula is C24H29ClF2N4O4. The normalized spacial score (nSPS) is 20.7. The van der Waals surface area contributed by atoms with Crippen molar-refractivity contribution in [1.29, 1.82) is 0 Å². The maximum absolute atomic E-state index is 13.0. The molecule has 190 valence electrons. The quantitative estimate of drug-likeness (QED) is 0.585. The van der Waals surface area contributed by atoms with Crippen molar-refractivity contribution in [3.8, 4) is 11.5 Å². The number of hydrogen-bond donors (Lipinski definition) is 2. The number of likely N-dealkylation sites (N-methyl/N-ethyl adjacent to an activating group) is 1. The minimum atomic E-state index is -3.01. The van der Waals surface area contributed by atoms with E-state index in [0.29, 0.717) is 42.2 Å². The molecule has 4 rings (SSSR count). The van der Waals surface area contributed by atoms with Crippen molar-refractivity contribution in [2.75, 3.05) is 38.0 Å². The molecule has 1 aliphatic carbocycles. The van der Waals surface area contributed by atoms with E-state index < -0.39 is 12.7 Å². The molecule has 0 bridgehead atoms. The smallest absolute Gasteiger partial charge is 0.387 e. The van der Waals surface area contributed by atoms with E-state index in [0.717, 1.165) is 37.4 Å². The summed E-state index contributed by atoms with van der Waals surface area (Å²) in [6.45, 7) is 4.46. The molecule has 35 heavy (non-hydrogen) atoms. The van der Waals surface area contributed by atoms with Gasteiger partial charge in [-0.3, -0.25) is 14.5 Å². The molecule has 1 fully saturated rings. The van der Waals surface area contributed by atoms with Gasteiger partial charge in [0.05, 0.1) is 10.7 Å². The first kappa shape index (κ1) is 25.2. The first-order valence-corrected chi connectivity index (χ1v) is 12.1. The Bertz CT molecular complexity index is 1050. The Morgan fingerprint density at radius 2 is 2.03 bits per heavy atom. The lowest BCUT2D eigenvalue weighted by molar-refractivity contribution is -0.123. The Morgan fingerprint density at radius 1 is 1.29 bits per heavy atom. The summed E-state index contributed by atoms with van der Waals surface area (Å²) in [5.41, 5.74) is 2.79. The standard InChI is InChI=1S/C24H29ClF2N4O4/c1-3-28-23(33)16-4-5-19(17(25)12-16)31-8-6-30(7-9-31)13-15-10-18-21(20(11-15)35-24(26)27)34-14(2)22(32)29-18/h10-12,14,24H,3-9,13H2,1-2H3,(H,28,33)(H,29,32). The number of halogens is 3. The van der Waals surface area contributed by atoms with E-state index in [9.17, 15) is 18.4 Å². The number of ether oxygens (including phenoxy) is 2. The van der Waals surface area contributed by atoms with Gasteiger partial charge in [-0.1, -0.05) is 11.6 Å². The van der Waals surface area contributed by atoms with Gasteiger partial charge in [-0.2, -0.15) is 8.78 Å². The molecule has 2 heterocycles. The summed E-state index contributed by atoms with van der Waals surface area (Å²) in [5.74, 6) is -0.393. The molecule has 1 atom stereocenters. The monoisotopic (exact) mass is 510 g/mol. The highest BCUT2D eigenvalue weighted by Gasteiger charge is 2.29. The number of hydrogen-bond acceptors (Lipinski definition) is 6. The fourth-order valence-corrected chi connectivity index (χ4v) is 4.84. The Labute approximate surface area is 207 Å². The molecule has 0 aromatic heterocycles. The maximum atomic E-state index is 13.0. The largest absolute Gasteiger partial charge is 0.475 e. The van der Waals surface area contributed by atoms with Crippen molar-refractivity contribution < 1.29 is 27.8 Å². The number of nitrogens with zero attached hydrogens (tertiary/aromatic N) is 2. The van der Waals surface area contributed by atoms with Gasteiger partial charge in [0.25, 0.3) is 5.91 Å². The van der Waals surface area contributed by atoms with Crippen LogP contribution in [0.3, 0.4) is 0 Å². The van der Waals surface area contributed by atoms with Gasteiger partial charge in [-0.15, -0.1) is 0 Å². The minimum Gasteiger partial charge on any atom is -0.475 e. The van der Waals surface area contributed by atoms with Crippen LogP contribution in [-0.4, -0.2) is 67.1 Å². The average Bonchev–Trinajstić information content (AvgIpc) is 2.81. The Morgan fingerprint density at radius 3 is 2.69 bits per heavy atom. The molecule has 1 saturated heterocycles. The highest BCUT2D eigenvalue weighted by atomic mass is 35.5. The molecule has 0 spiro atoms. The number of benzene rings is 1. The topological polar surface area (TPSA) is 83.1 Å². The van der Waals surface area contributed by atoms with Crippen LogP contribution in [0.1, 0.15) is 32.3 Å². The third-order valence-corrected chi connectivity index (χ3v) is 6.58. The van der Waals surface area contributed by atoms with Gasteiger partial charge >= 0.3 is 6.61 Å². The third kappa shape index (κ3) is 5.87. The van der Waals surface area contributed by atoms with Crippen molar-refractivity contribution >= 4 is 29.1 Å². The predicted octanol–water partition coefficient (Wildman–Crippen LogP) is 3.43. The predicted molar refractivity (Wildman–Crippen MR) is 128 cm³/mol. The number of carbonyl (C=O) groups excluding carboxylic acids is 2. The van der Waals surface area contributed by atoms with E-state index in [-0.39, 0.29) is 23.3 Å². The second-order valence-electron chi connectivity index (χ2n) is 8.69. The SMILES string of the molecule is CCNC(=O)C1=CC(Cl)=C(N2CCN(Cc3cc4c(c(OC(F)F)c3)OC(C)C(=O)N4)CC2)CC1. The molecule has 3 aliphatic rings. The zero-order valence-corrected chi connectivity index (χ0v) is 20.5. The van der Waals surface area contributed by atoms with Crippen molar-refractivity contribution in [2.24, 2.45) is 0 Å². The lowest BCUT2D eigenvalue weighted by atomic mass is 10.00. The second kappa shape index (κ2) is 10.8. The molecule has 2 aliphatic heterocycles. The van der Waals surface area contributed by atoms with Crippen LogP contribution in [-0.2, 0) is 16.1 Å². The zero-order valence-electron chi connectivity index (χ0n) is 19.7. The fourth-order valence-electron chi connectivity index (χ4n) is 4.49. The van der Waals surface area contributed by atoms with Gasteiger partial charge in [0, 0.05) is 50.5 Å². The Balaban J connectivity index is 1.42. The lowest BCUT2D eigenvalue weighted by Gasteiger charge is -2.38. The molecular weight excluding hydrogens is 482 g/mol. The molecule has 11 heteroatoms. The highest BCUT2D eigenvalue weighted by Crippen LogP contribution is 2.41. The van der Waals surface area contributed by atoms with Gasteiger partial charge in [0.2, 0.25) is 5.91 Å². The summed E-state index contributed by atoms with van der Waals surface area (Å²) < 4.78 is 36.2. The Hall–Kier alpha value is -2.85. The van der Waals surface area contributed by atoms with E-state index in [2.05, 4.69) is 25.2 Å². The summed E-state index contributed by atoms with van der Waals surface area (Å²) in [6.07, 6.45) is 2.31. The highest BCUT2D eigenvalue weighted by molar-refractivity contribution is 6.32. The maximum Gasteiger partial charge on any atom is 0.387 e. The fraction of sp³-hybridized carbons (Fsp3) is 0.500. The number of piperazine rings is 1. The number of rotatable bonds is 7. The van der Waals surface area contributed by atoms with E-state index in [1.54, 1.807) is 19.1 Å². The third-order valence-electron chi connectivity index (χ3n) is 6.25. The molecule has 2 N–H and O–H groups in total. The molecule has 8 nitrogen and oxygen atoms in total. The van der Waals surface area contributed by atoms with Crippen molar-refractivity contribution in [3.05, 3.63) is 40.1 Å². The van der Waals surface area contributed by atoms with Gasteiger partial charge in [0.1, 0.15) is 0 Å². The first-order chi connectivity index (χ1) is 16.7. The number of anilines is 1. The molecule has 0 saturated carbocycles. The number of amides is 2. The van der Waals surface area contributed by atoms with Crippen LogP contribution in [0.2, 0.25) is 0 Å². The van der Waals surface area contributed by atoms with Crippen LogP contribution in [0.15, 0.2) is 34.5 Å². The molecule has 1 aromatic rings. The van der Waals surface area contributed by atoms with E-state index in [1.165, 1.54) is 6.07 Å². The summed E-state index contributed by atoms with van der Waals surface area (Å²) in [4.78, 5) is 28.5. The van der Waals surface area contributed by atoms with Gasteiger partial charge in [0.15, 0.2) is 17.6 Å². The van der Waals surface area contributed by atoms with Crippen LogP contribution in [0, 0.1) is 0 Å². The summed E-state index contributed by atoms with van der Waals surface area (Å²) in [7, 11) is 0. The number of allylic oxidation sites excluding steroid dienone is 3. The molecule has 1 aromatic carbocycles.